The molecule has 0 bridgehead atoms. The van der Waals surface area contributed by atoms with Crippen molar-refractivity contribution >= 4 is 34.2 Å². The van der Waals surface area contributed by atoms with E-state index >= 15 is 0 Å². The van der Waals surface area contributed by atoms with E-state index in [1.165, 1.54) is 0 Å². The van der Waals surface area contributed by atoms with E-state index < -0.39 is 5.54 Å². The first-order valence-corrected chi connectivity index (χ1v) is 8.60. The van der Waals surface area contributed by atoms with Crippen LogP contribution in [-0.2, 0) is 12.8 Å². The van der Waals surface area contributed by atoms with Gasteiger partial charge in [-0.3, -0.25) is 4.79 Å². The van der Waals surface area contributed by atoms with Crippen molar-refractivity contribution in [1.29, 1.82) is 0 Å². The Morgan fingerprint density at radius 3 is 2.83 bits per heavy atom. The quantitative estimate of drug-likeness (QED) is 0.809. The van der Waals surface area contributed by atoms with Gasteiger partial charge in [-0.15, -0.1) is 12.4 Å². The third-order valence-electron chi connectivity index (χ3n) is 4.16. The maximum Gasteiger partial charge on any atom is 0.272 e. The molecule has 0 saturated carbocycles. The van der Waals surface area contributed by atoms with E-state index in [0.29, 0.717) is 12.2 Å². The van der Waals surface area contributed by atoms with Crippen LogP contribution in [0.4, 0.5) is 0 Å². The van der Waals surface area contributed by atoms with Gasteiger partial charge in [0.15, 0.2) is 5.69 Å². The Hall–Kier alpha value is -1.37. The zero-order chi connectivity index (χ0) is 16.6. The molecule has 1 amide bonds. The summed E-state index contributed by atoms with van der Waals surface area (Å²) in [4.78, 5) is 12.6. The lowest BCUT2D eigenvalue weighted by molar-refractivity contribution is 0.0909. The molecule has 0 saturated heterocycles. The summed E-state index contributed by atoms with van der Waals surface area (Å²) in [6.45, 7) is 4.21. The molecule has 130 valence electrons. The van der Waals surface area contributed by atoms with Gasteiger partial charge in [0.2, 0.25) is 0 Å². The minimum atomic E-state index is -0.442. The molecule has 3 rings (SSSR count). The van der Waals surface area contributed by atoms with Crippen LogP contribution in [0.1, 0.15) is 42.0 Å². The summed E-state index contributed by atoms with van der Waals surface area (Å²) in [5, 5.41) is 7.58. The number of rotatable bonds is 4. The molecule has 0 unspecified atom stereocenters. The van der Waals surface area contributed by atoms with Crippen molar-refractivity contribution in [2.75, 3.05) is 6.54 Å². The Kier molecular flexibility index (Phi) is 5.73. The zero-order valence-electron chi connectivity index (χ0n) is 13.8. The van der Waals surface area contributed by atoms with Gasteiger partial charge in [0, 0.05) is 27.8 Å². The molecule has 7 heteroatoms. The van der Waals surface area contributed by atoms with Crippen LogP contribution in [0.5, 0.6) is 0 Å². The smallest absolute Gasteiger partial charge is 0.272 e. The van der Waals surface area contributed by atoms with Gasteiger partial charge in [0.05, 0.1) is 5.69 Å². The Balaban J connectivity index is 0.00000208. The topological polar surface area (TPSA) is 72.9 Å². The highest BCUT2D eigenvalue weighted by molar-refractivity contribution is 9.10. The average Bonchev–Trinajstić information content (AvgIpc) is 3.08. The molecule has 0 aliphatic heterocycles. The van der Waals surface area contributed by atoms with Crippen molar-refractivity contribution in [2.45, 2.75) is 38.6 Å². The Morgan fingerprint density at radius 2 is 2.17 bits per heavy atom. The van der Waals surface area contributed by atoms with Crippen molar-refractivity contribution in [1.82, 2.24) is 15.1 Å². The van der Waals surface area contributed by atoms with Crippen LogP contribution >= 0.6 is 28.3 Å². The summed E-state index contributed by atoms with van der Waals surface area (Å²) in [6.07, 6.45) is 2.90. The molecule has 2 aromatic rings. The minimum Gasteiger partial charge on any atom is -0.344 e. The van der Waals surface area contributed by atoms with Crippen molar-refractivity contribution in [3.8, 4) is 5.69 Å². The second-order valence-electron chi connectivity index (χ2n) is 6.56. The lowest BCUT2D eigenvalue weighted by atomic mass is 10.1. The van der Waals surface area contributed by atoms with Crippen molar-refractivity contribution in [3.05, 3.63) is 45.7 Å². The molecular weight excluding hydrogens is 392 g/mol. The number of benzene rings is 1. The lowest BCUT2D eigenvalue weighted by Gasteiger charge is -2.23. The molecule has 3 N–H and O–H groups in total. The summed E-state index contributed by atoms with van der Waals surface area (Å²) >= 11 is 3.49. The number of hydrogen-bond acceptors (Lipinski definition) is 3. The minimum absolute atomic E-state index is 0. The second-order valence-corrected chi connectivity index (χ2v) is 7.48. The molecule has 0 fully saturated rings. The molecule has 0 spiro atoms. The maximum atomic E-state index is 12.6. The van der Waals surface area contributed by atoms with Crippen molar-refractivity contribution in [2.24, 2.45) is 5.73 Å². The summed E-state index contributed by atoms with van der Waals surface area (Å²) < 4.78 is 2.89. The fourth-order valence-electron chi connectivity index (χ4n) is 2.86. The van der Waals surface area contributed by atoms with E-state index in [4.69, 9.17) is 5.73 Å². The molecule has 1 aliphatic rings. The number of nitrogens with zero attached hydrogens (tertiary/aromatic N) is 2. The number of halogens is 2. The largest absolute Gasteiger partial charge is 0.344 e. The molecule has 1 aromatic heterocycles. The van der Waals surface area contributed by atoms with E-state index in [1.807, 2.05) is 42.8 Å². The molecule has 24 heavy (non-hydrogen) atoms. The molecule has 1 aliphatic carbocycles. The van der Waals surface area contributed by atoms with Crippen LogP contribution in [0.15, 0.2) is 28.7 Å². The number of nitrogens with one attached hydrogen (secondary N) is 1. The number of nitrogens with two attached hydrogens (primary N) is 1. The van der Waals surface area contributed by atoms with Gasteiger partial charge in [-0.25, -0.2) is 4.68 Å². The van der Waals surface area contributed by atoms with Gasteiger partial charge in [-0.1, -0.05) is 22.0 Å². The molecule has 1 aromatic carbocycles. The Bertz CT molecular complexity index is 757. The fraction of sp³-hybridized carbons (Fsp3) is 0.412. The van der Waals surface area contributed by atoms with Crippen LogP contribution in [0, 0.1) is 0 Å². The van der Waals surface area contributed by atoms with Crippen molar-refractivity contribution in [3.63, 3.8) is 0 Å². The molecule has 0 atom stereocenters. The highest BCUT2D eigenvalue weighted by atomic mass is 79.9. The number of fused-ring (bicyclic) bond motifs is 1. The van der Waals surface area contributed by atoms with E-state index in [2.05, 4.69) is 26.3 Å². The fourth-order valence-corrected chi connectivity index (χ4v) is 3.25. The standard InChI is InChI=1S/C17H21BrN4O.ClH/c1-17(2,10-19)20-16(23)15-13-7-4-8-14(13)22(21-15)12-6-3-5-11(18)9-12;/h3,5-6,9H,4,7-8,10,19H2,1-2H3,(H,20,23);1H. The van der Waals surface area contributed by atoms with Crippen molar-refractivity contribution < 1.29 is 4.79 Å². The van der Waals surface area contributed by atoms with E-state index in [0.717, 1.165) is 40.7 Å². The first-order valence-electron chi connectivity index (χ1n) is 7.80. The first kappa shape index (κ1) is 19.0. The number of carbonyl (C=O) groups excluding carboxylic acids is 1. The molecule has 1 heterocycles. The van der Waals surface area contributed by atoms with Crippen LogP contribution in [0.2, 0.25) is 0 Å². The van der Waals surface area contributed by atoms with E-state index in [-0.39, 0.29) is 18.3 Å². The summed E-state index contributed by atoms with van der Waals surface area (Å²) in [6, 6.07) is 7.96. The predicted octanol–water partition coefficient (Wildman–Crippen LogP) is 3.01. The summed E-state index contributed by atoms with van der Waals surface area (Å²) in [7, 11) is 0. The van der Waals surface area contributed by atoms with Crippen LogP contribution < -0.4 is 11.1 Å². The van der Waals surface area contributed by atoms with Crippen LogP contribution in [0.25, 0.3) is 5.69 Å². The van der Waals surface area contributed by atoms with Gasteiger partial charge < -0.3 is 11.1 Å². The molecule has 0 radical (unpaired) electrons. The monoisotopic (exact) mass is 412 g/mol. The van der Waals surface area contributed by atoms with Gasteiger partial charge in [-0.05, 0) is 51.3 Å². The highest BCUT2D eigenvalue weighted by Crippen LogP contribution is 2.28. The number of carbonyl (C=O) groups is 1. The SMILES string of the molecule is CC(C)(CN)NC(=O)c1nn(-c2cccc(Br)c2)c2c1CCC2.Cl. The molecule has 5 nitrogen and oxygen atoms in total. The Labute approximate surface area is 156 Å². The van der Waals surface area contributed by atoms with Gasteiger partial charge in [-0.2, -0.15) is 5.10 Å². The third kappa shape index (κ3) is 3.66. The van der Waals surface area contributed by atoms with E-state index in [1.54, 1.807) is 0 Å². The van der Waals surface area contributed by atoms with E-state index in [9.17, 15) is 4.79 Å². The highest BCUT2D eigenvalue weighted by Gasteiger charge is 2.29. The van der Waals surface area contributed by atoms with Gasteiger partial charge in [0.1, 0.15) is 0 Å². The number of aromatic nitrogens is 2. The second kappa shape index (κ2) is 7.25. The average molecular weight is 414 g/mol. The van der Waals surface area contributed by atoms with Crippen LogP contribution in [-0.4, -0.2) is 27.8 Å². The maximum absolute atomic E-state index is 12.6. The van der Waals surface area contributed by atoms with Gasteiger partial charge >= 0.3 is 0 Å². The number of amides is 1. The molecular formula is C17H22BrClN4O. The van der Waals surface area contributed by atoms with Gasteiger partial charge in [0.25, 0.3) is 5.91 Å². The normalized spacial score (nSPS) is 13.3. The Morgan fingerprint density at radius 1 is 1.42 bits per heavy atom. The third-order valence-corrected chi connectivity index (χ3v) is 4.65. The number of hydrogen-bond donors (Lipinski definition) is 2. The zero-order valence-corrected chi connectivity index (χ0v) is 16.2. The predicted molar refractivity (Wildman–Crippen MR) is 101 cm³/mol. The lowest BCUT2D eigenvalue weighted by Crippen LogP contribution is -2.49. The van der Waals surface area contributed by atoms with Crippen LogP contribution in [0.3, 0.4) is 0 Å². The summed E-state index contributed by atoms with van der Waals surface area (Å²) in [5.41, 5.74) is 8.97. The summed E-state index contributed by atoms with van der Waals surface area (Å²) in [5.74, 6) is -0.146. The first-order chi connectivity index (χ1) is 10.9.